The van der Waals surface area contributed by atoms with Gasteiger partial charge in [0.15, 0.2) is 0 Å². The van der Waals surface area contributed by atoms with Crippen molar-refractivity contribution < 1.29 is 9.53 Å². The van der Waals surface area contributed by atoms with E-state index in [4.69, 9.17) is 4.74 Å². The van der Waals surface area contributed by atoms with Gasteiger partial charge in [-0.15, -0.1) is 0 Å². The van der Waals surface area contributed by atoms with E-state index in [0.29, 0.717) is 5.78 Å². The zero-order valence-corrected chi connectivity index (χ0v) is 11.9. The van der Waals surface area contributed by atoms with Gasteiger partial charge in [0.25, 0.3) is 0 Å². The summed E-state index contributed by atoms with van der Waals surface area (Å²) in [7, 11) is 3.73. The molecule has 0 amide bonds. The van der Waals surface area contributed by atoms with Gasteiger partial charge in [0.2, 0.25) is 0 Å². The molecule has 3 heteroatoms. The van der Waals surface area contributed by atoms with E-state index < -0.39 is 0 Å². The van der Waals surface area contributed by atoms with Crippen LogP contribution in [-0.4, -0.2) is 30.9 Å². The van der Waals surface area contributed by atoms with Gasteiger partial charge < -0.3 is 4.74 Å². The van der Waals surface area contributed by atoms with Crippen LogP contribution < -0.4 is 4.74 Å². The van der Waals surface area contributed by atoms with E-state index >= 15 is 0 Å². The number of carbonyl (C=O) groups is 1. The Bertz CT molecular complexity index is 431. The number of likely N-dealkylation sites (N-methyl/N-ethyl adjacent to an activating group) is 1. The van der Waals surface area contributed by atoms with E-state index in [1.807, 2.05) is 25.2 Å². The summed E-state index contributed by atoms with van der Waals surface area (Å²) in [6.07, 6.45) is 5.16. The van der Waals surface area contributed by atoms with Crippen LogP contribution in [-0.2, 0) is 11.3 Å². The van der Waals surface area contributed by atoms with E-state index in [0.717, 1.165) is 31.6 Å². The Balaban J connectivity index is 2.02. The average Bonchev–Trinajstić information content (AvgIpc) is 2.63. The molecule has 1 fully saturated rings. The van der Waals surface area contributed by atoms with Gasteiger partial charge >= 0.3 is 0 Å². The van der Waals surface area contributed by atoms with Crippen LogP contribution in [0.2, 0.25) is 0 Å². The summed E-state index contributed by atoms with van der Waals surface area (Å²) < 4.78 is 5.24. The summed E-state index contributed by atoms with van der Waals surface area (Å²) in [4.78, 5) is 14.3. The Hall–Kier alpha value is -1.35. The molecule has 1 unspecified atom stereocenters. The molecule has 1 saturated carbocycles. The molecular weight excluding hydrogens is 238 g/mol. The number of ketones is 1. The fourth-order valence-electron chi connectivity index (χ4n) is 2.78. The maximum absolute atomic E-state index is 12.1. The van der Waals surface area contributed by atoms with Crippen molar-refractivity contribution in [3.05, 3.63) is 29.8 Å². The van der Waals surface area contributed by atoms with Crippen LogP contribution in [0.15, 0.2) is 24.3 Å². The normalized spacial score (nSPS) is 20.4. The Morgan fingerprint density at radius 2 is 2.16 bits per heavy atom. The zero-order valence-electron chi connectivity index (χ0n) is 11.9. The smallest absolute Gasteiger partial charge is 0.149 e. The molecule has 0 heterocycles. The molecule has 2 rings (SSSR count). The molecule has 19 heavy (non-hydrogen) atoms. The topological polar surface area (TPSA) is 29.5 Å². The second-order valence-corrected chi connectivity index (χ2v) is 5.35. The molecule has 0 aliphatic heterocycles. The number of benzene rings is 1. The van der Waals surface area contributed by atoms with Crippen molar-refractivity contribution in [3.63, 3.8) is 0 Å². The number of hydrogen-bond acceptors (Lipinski definition) is 3. The Labute approximate surface area is 115 Å². The standard InChI is InChI=1S/C16H23NO2/c1-17(15-9-4-3-5-10-16(15)18)12-13-7-6-8-14(11-13)19-2/h6-8,11,15H,3-5,9-10,12H2,1-2H3. The molecule has 0 aromatic heterocycles. The van der Waals surface area contributed by atoms with Gasteiger partial charge in [0.05, 0.1) is 13.2 Å². The van der Waals surface area contributed by atoms with Gasteiger partial charge in [0, 0.05) is 13.0 Å². The summed E-state index contributed by atoms with van der Waals surface area (Å²) in [5.74, 6) is 1.28. The predicted molar refractivity (Wildman–Crippen MR) is 76.3 cm³/mol. The Morgan fingerprint density at radius 1 is 1.32 bits per heavy atom. The highest BCUT2D eigenvalue weighted by molar-refractivity contribution is 5.84. The van der Waals surface area contributed by atoms with Crippen molar-refractivity contribution >= 4 is 5.78 Å². The van der Waals surface area contributed by atoms with Gasteiger partial charge in [0.1, 0.15) is 11.5 Å². The van der Waals surface area contributed by atoms with E-state index in [2.05, 4.69) is 11.0 Å². The summed E-state index contributed by atoms with van der Waals surface area (Å²) in [5.41, 5.74) is 1.19. The maximum atomic E-state index is 12.1. The number of Topliss-reactive ketones (excluding diaryl/α,β-unsaturated/α-hetero) is 1. The highest BCUT2D eigenvalue weighted by atomic mass is 16.5. The number of methoxy groups -OCH3 is 1. The first-order valence-electron chi connectivity index (χ1n) is 7.06. The summed E-state index contributed by atoms with van der Waals surface area (Å²) >= 11 is 0. The summed E-state index contributed by atoms with van der Waals surface area (Å²) in [5, 5.41) is 0. The highest BCUT2D eigenvalue weighted by Crippen LogP contribution is 2.21. The molecule has 0 N–H and O–H groups in total. The number of carbonyl (C=O) groups excluding carboxylic acids is 1. The third kappa shape index (κ3) is 3.80. The molecule has 0 saturated heterocycles. The Morgan fingerprint density at radius 3 is 2.95 bits per heavy atom. The van der Waals surface area contributed by atoms with E-state index in [1.165, 1.54) is 18.4 Å². The van der Waals surface area contributed by atoms with Crippen molar-refractivity contribution in [2.75, 3.05) is 14.2 Å². The van der Waals surface area contributed by atoms with Gasteiger partial charge in [-0.1, -0.05) is 25.0 Å². The molecule has 3 nitrogen and oxygen atoms in total. The van der Waals surface area contributed by atoms with Crippen LogP contribution in [0.3, 0.4) is 0 Å². The first-order chi connectivity index (χ1) is 9.20. The van der Waals surface area contributed by atoms with E-state index in [-0.39, 0.29) is 6.04 Å². The number of nitrogens with zero attached hydrogens (tertiary/aromatic N) is 1. The first kappa shape index (κ1) is 14.1. The van der Waals surface area contributed by atoms with Crippen LogP contribution in [0.5, 0.6) is 5.75 Å². The van der Waals surface area contributed by atoms with E-state index in [1.54, 1.807) is 7.11 Å². The Kier molecular flexibility index (Phi) is 4.97. The van der Waals surface area contributed by atoms with Gasteiger partial charge in [-0.25, -0.2) is 0 Å². The molecule has 1 aliphatic rings. The third-order valence-electron chi connectivity index (χ3n) is 3.87. The lowest BCUT2D eigenvalue weighted by atomic mass is 10.1. The predicted octanol–water partition coefficient (Wildman–Crippen LogP) is 3.03. The minimum absolute atomic E-state index is 0.0914. The monoisotopic (exact) mass is 261 g/mol. The zero-order chi connectivity index (χ0) is 13.7. The second kappa shape index (κ2) is 6.71. The number of hydrogen-bond donors (Lipinski definition) is 0. The average molecular weight is 261 g/mol. The third-order valence-corrected chi connectivity index (χ3v) is 3.87. The molecule has 104 valence electrons. The van der Waals surface area contributed by atoms with Crippen LogP contribution in [0.25, 0.3) is 0 Å². The summed E-state index contributed by atoms with van der Waals surface area (Å²) in [6, 6.07) is 8.16. The van der Waals surface area contributed by atoms with Crippen molar-refractivity contribution in [1.82, 2.24) is 4.90 Å². The van der Waals surface area contributed by atoms with Crippen LogP contribution in [0, 0.1) is 0 Å². The highest BCUT2D eigenvalue weighted by Gasteiger charge is 2.24. The van der Waals surface area contributed by atoms with E-state index in [9.17, 15) is 4.79 Å². The molecule has 0 bridgehead atoms. The van der Waals surface area contributed by atoms with Crippen LogP contribution in [0.4, 0.5) is 0 Å². The van der Waals surface area contributed by atoms with Crippen molar-refractivity contribution in [2.24, 2.45) is 0 Å². The lowest BCUT2D eigenvalue weighted by Crippen LogP contribution is -2.37. The van der Waals surface area contributed by atoms with Crippen molar-refractivity contribution in [2.45, 2.75) is 44.7 Å². The number of rotatable bonds is 4. The van der Waals surface area contributed by atoms with Crippen molar-refractivity contribution in [3.8, 4) is 5.75 Å². The SMILES string of the molecule is COc1cccc(CN(C)C2CCCCCC2=O)c1. The first-order valence-corrected chi connectivity index (χ1v) is 7.06. The molecule has 0 spiro atoms. The molecule has 1 aliphatic carbocycles. The number of ether oxygens (including phenoxy) is 1. The van der Waals surface area contributed by atoms with Crippen LogP contribution >= 0.6 is 0 Å². The summed E-state index contributed by atoms with van der Waals surface area (Å²) in [6.45, 7) is 0.799. The van der Waals surface area contributed by atoms with Gasteiger partial charge in [-0.2, -0.15) is 0 Å². The molecule has 1 aromatic carbocycles. The maximum Gasteiger partial charge on any atom is 0.149 e. The minimum Gasteiger partial charge on any atom is -0.497 e. The fourth-order valence-corrected chi connectivity index (χ4v) is 2.78. The van der Waals surface area contributed by atoms with Crippen molar-refractivity contribution in [1.29, 1.82) is 0 Å². The largest absolute Gasteiger partial charge is 0.497 e. The minimum atomic E-state index is 0.0914. The second-order valence-electron chi connectivity index (χ2n) is 5.35. The quantitative estimate of drug-likeness (QED) is 0.780. The van der Waals surface area contributed by atoms with Gasteiger partial charge in [-0.05, 0) is 37.6 Å². The molecule has 0 radical (unpaired) electrons. The fraction of sp³-hybridized carbons (Fsp3) is 0.562. The molecule has 1 atom stereocenters. The van der Waals surface area contributed by atoms with Crippen LogP contribution in [0.1, 0.15) is 37.7 Å². The molecule has 1 aromatic rings. The van der Waals surface area contributed by atoms with Gasteiger partial charge in [-0.3, -0.25) is 9.69 Å². The molecular formula is C16H23NO2. The lowest BCUT2D eigenvalue weighted by Gasteiger charge is -2.26. The lowest BCUT2D eigenvalue weighted by molar-refractivity contribution is -0.123.